The van der Waals surface area contributed by atoms with Crippen molar-refractivity contribution in [3.63, 3.8) is 0 Å². The number of hydrogen-bond acceptors (Lipinski definition) is 5. The fourth-order valence-corrected chi connectivity index (χ4v) is 5.81. The average molecular weight is 651 g/mol. The largest absolute Gasteiger partial charge is 0.468 e. The molecule has 3 aromatic rings. The minimum atomic E-state index is -0.559. The van der Waals surface area contributed by atoms with Gasteiger partial charge in [-0.15, -0.1) is 0 Å². The lowest BCUT2D eigenvalue weighted by molar-refractivity contribution is -0.00848. The number of anilines is 1. The van der Waals surface area contributed by atoms with Gasteiger partial charge in [-0.3, -0.25) is 0 Å². The Kier molecular flexibility index (Phi) is 15.0. The van der Waals surface area contributed by atoms with Crippen LogP contribution >= 0.6 is 0 Å². The molecule has 3 rings (SSSR count). The number of urea groups is 1. The predicted molar refractivity (Wildman–Crippen MR) is 188 cm³/mol. The van der Waals surface area contributed by atoms with Crippen LogP contribution in [0, 0.1) is 11.2 Å². The van der Waals surface area contributed by atoms with Crippen molar-refractivity contribution in [3.05, 3.63) is 83.7 Å². The van der Waals surface area contributed by atoms with Crippen molar-refractivity contribution in [1.29, 1.82) is 0 Å². The van der Waals surface area contributed by atoms with E-state index in [0.29, 0.717) is 37.8 Å². The Morgan fingerprint density at radius 2 is 1.53 bits per heavy atom. The van der Waals surface area contributed by atoms with Gasteiger partial charge < -0.3 is 29.2 Å². The van der Waals surface area contributed by atoms with Crippen LogP contribution in [-0.2, 0) is 21.4 Å². The molecule has 0 saturated heterocycles. The highest BCUT2D eigenvalue weighted by atomic mass is 19.1. The Hall–Kier alpha value is -3.62. The molecule has 0 spiro atoms. The molecule has 1 N–H and O–H groups in total. The standard InChI is InChI=1S/C39H55FN2O5/c1-8-9-10-11-12-24-42(27-30-16-20-32(21-17-30)46-29-45-26-25-44-7)37(43)41-36-34(40)14-13-15-35(36)47-33-22-18-31(19-23-33)39(5,6)28-38(2,3)4/h13-23H,8-12,24-29H2,1-7H3,(H,41,43). The normalized spacial score (nSPS) is 11.7. The van der Waals surface area contributed by atoms with Crippen molar-refractivity contribution in [3.8, 4) is 17.2 Å². The summed E-state index contributed by atoms with van der Waals surface area (Å²) in [6, 6.07) is 19.7. The van der Waals surface area contributed by atoms with Gasteiger partial charge in [-0.25, -0.2) is 9.18 Å². The molecule has 0 fully saturated rings. The summed E-state index contributed by atoms with van der Waals surface area (Å²) >= 11 is 0. The number of rotatable bonds is 19. The third-order valence-corrected chi connectivity index (χ3v) is 7.90. The summed E-state index contributed by atoms with van der Waals surface area (Å²) in [5, 5.41) is 2.82. The van der Waals surface area contributed by atoms with Crippen LogP contribution in [0.4, 0.5) is 14.9 Å². The highest BCUT2D eigenvalue weighted by Crippen LogP contribution is 2.38. The summed E-state index contributed by atoms with van der Waals surface area (Å²) in [6.07, 6.45) is 6.31. The minimum absolute atomic E-state index is 0.0133. The quantitative estimate of drug-likeness (QED) is 0.103. The number of carbonyl (C=O) groups is 1. The van der Waals surface area contributed by atoms with E-state index in [1.165, 1.54) is 11.6 Å². The Balaban J connectivity index is 1.72. The highest BCUT2D eigenvalue weighted by molar-refractivity contribution is 5.91. The second-order valence-corrected chi connectivity index (χ2v) is 13.9. The monoisotopic (exact) mass is 650 g/mol. The van der Waals surface area contributed by atoms with Crippen LogP contribution in [0.2, 0.25) is 0 Å². The summed E-state index contributed by atoms with van der Waals surface area (Å²) in [6.45, 7) is 15.4. The lowest BCUT2D eigenvalue weighted by Crippen LogP contribution is -2.35. The molecule has 0 aliphatic heterocycles. The van der Waals surface area contributed by atoms with Gasteiger partial charge in [-0.1, -0.05) is 97.6 Å². The molecule has 0 saturated carbocycles. The van der Waals surface area contributed by atoms with Gasteiger partial charge in [0.05, 0.1) is 13.2 Å². The molecule has 0 atom stereocenters. The van der Waals surface area contributed by atoms with Gasteiger partial charge in [0.15, 0.2) is 18.4 Å². The maximum absolute atomic E-state index is 15.2. The first-order valence-corrected chi connectivity index (χ1v) is 16.8. The van der Waals surface area contributed by atoms with Crippen molar-refractivity contribution in [2.45, 2.75) is 92.0 Å². The van der Waals surface area contributed by atoms with Crippen molar-refractivity contribution >= 4 is 11.7 Å². The number of nitrogens with one attached hydrogen (secondary N) is 1. The third kappa shape index (κ3) is 13.2. The molecular formula is C39H55FN2O5. The minimum Gasteiger partial charge on any atom is -0.468 e. The summed E-state index contributed by atoms with van der Waals surface area (Å²) < 4.78 is 37.4. The van der Waals surface area contributed by atoms with E-state index < -0.39 is 5.82 Å². The van der Waals surface area contributed by atoms with Gasteiger partial charge >= 0.3 is 6.03 Å². The van der Waals surface area contributed by atoms with Crippen molar-refractivity contribution < 1.29 is 28.1 Å². The zero-order chi connectivity index (χ0) is 34.3. The molecule has 0 radical (unpaired) electrons. The van der Waals surface area contributed by atoms with Gasteiger partial charge in [0, 0.05) is 20.2 Å². The molecule has 7 nitrogen and oxygen atoms in total. The zero-order valence-electron chi connectivity index (χ0n) is 29.5. The predicted octanol–water partition coefficient (Wildman–Crippen LogP) is 10.3. The number of amides is 2. The summed E-state index contributed by atoms with van der Waals surface area (Å²) in [5.41, 5.74) is 2.33. The van der Waals surface area contributed by atoms with Crippen LogP contribution in [0.1, 0.15) is 91.2 Å². The molecule has 0 aromatic heterocycles. The molecule has 47 heavy (non-hydrogen) atoms. The van der Waals surface area contributed by atoms with Gasteiger partial charge in [-0.2, -0.15) is 0 Å². The van der Waals surface area contributed by atoms with Gasteiger partial charge in [0.2, 0.25) is 0 Å². The van der Waals surface area contributed by atoms with E-state index in [0.717, 1.165) is 44.1 Å². The SMILES string of the molecule is CCCCCCCN(Cc1ccc(OCOCCOC)cc1)C(=O)Nc1c(F)cccc1Oc1ccc(C(C)(C)CC(C)(C)C)cc1. The van der Waals surface area contributed by atoms with Crippen molar-refractivity contribution in [2.24, 2.45) is 5.41 Å². The van der Waals surface area contributed by atoms with E-state index >= 15 is 4.39 Å². The molecule has 8 heteroatoms. The van der Waals surface area contributed by atoms with Crippen LogP contribution in [0.25, 0.3) is 0 Å². The molecule has 0 aliphatic carbocycles. The number of hydrogen-bond donors (Lipinski definition) is 1. The van der Waals surface area contributed by atoms with Crippen molar-refractivity contribution in [1.82, 2.24) is 4.90 Å². The second kappa shape index (κ2) is 18.6. The Bertz CT molecular complexity index is 1350. The number of unbranched alkanes of at least 4 members (excludes halogenated alkanes) is 4. The molecular weight excluding hydrogens is 595 g/mol. The number of halogens is 1. The summed E-state index contributed by atoms with van der Waals surface area (Å²) in [7, 11) is 1.62. The lowest BCUT2D eigenvalue weighted by Gasteiger charge is -2.33. The molecule has 258 valence electrons. The van der Waals surface area contributed by atoms with E-state index in [4.69, 9.17) is 18.9 Å². The zero-order valence-corrected chi connectivity index (χ0v) is 29.5. The first kappa shape index (κ1) is 37.8. The van der Waals surface area contributed by atoms with E-state index in [1.807, 2.05) is 36.4 Å². The number of ether oxygens (including phenoxy) is 4. The van der Waals surface area contributed by atoms with Crippen molar-refractivity contribution in [2.75, 3.05) is 39.0 Å². The maximum Gasteiger partial charge on any atom is 0.322 e. The Morgan fingerprint density at radius 3 is 2.19 bits per heavy atom. The van der Waals surface area contributed by atoms with Crippen LogP contribution < -0.4 is 14.8 Å². The molecule has 0 heterocycles. The second-order valence-electron chi connectivity index (χ2n) is 13.9. The summed E-state index contributed by atoms with van der Waals surface area (Å²) in [4.78, 5) is 15.4. The number of benzene rings is 3. The molecule has 3 aromatic carbocycles. The lowest BCUT2D eigenvalue weighted by atomic mass is 9.72. The first-order valence-electron chi connectivity index (χ1n) is 16.8. The van der Waals surface area contributed by atoms with Crippen LogP contribution in [0.15, 0.2) is 66.7 Å². The first-order chi connectivity index (χ1) is 22.4. The van der Waals surface area contributed by atoms with E-state index in [2.05, 4.69) is 59.0 Å². The number of carbonyl (C=O) groups excluding carboxylic acids is 1. The topological polar surface area (TPSA) is 69.3 Å². The third-order valence-electron chi connectivity index (χ3n) is 7.90. The van der Waals surface area contributed by atoms with Crippen LogP contribution in [-0.4, -0.2) is 44.6 Å². The number of methoxy groups -OCH3 is 1. The van der Waals surface area contributed by atoms with E-state index in [-0.39, 0.29) is 35.1 Å². The Labute approximate surface area is 281 Å². The van der Waals surface area contributed by atoms with E-state index in [1.54, 1.807) is 24.1 Å². The molecule has 0 bridgehead atoms. The molecule has 2 amide bonds. The number of para-hydroxylation sites is 1. The van der Waals surface area contributed by atoms with E-state index in [9.17, 15) is 4.79 Å². The Morgan fingerprint density at radius 1 is 0.851 bits per heavy atom. The molecule has 0 unspecified atom stereocenters. The summed E-state index contributed by atoms with van der Waals surface area (Å²) in [5.74, 6) is 0.925. The number of nitrogens with zero attached hydrogens (tertiary/aromatic N) is 1. The fraction of sp³-hybridized carbons (Fsp3) is 0.513. The van der Waals surface area contributed by atoms with Gasteiger partial charge in [0.1, 0.15) is 17.2 Å². The average Bonchev–Trinajstić information content (AvgIpc) is 3.01. The maximum atomic E-state index is 15.2. The van der Waals surface area contributed by atoms with Gasteiger partial charge in [0.25, 0.3) is 0 Å². The highest BCUT2D eigenvalue weighted by Gasteiger charge is 2.27. The molecule has 0 aliphatic rings. The smallest absolute Gasteiger partial charge is 0.322 e. The van der Waals surface area contributed by atoms with Gasteiger partial charge in [-0.05, 0) is 71.2 Å². The van der Waals surface area contributed by atoms with Crippen LogP contribution in [0.3, 0.4) is 0 Å². The van der Waals surface area contributed by atoms with Crippen LogP contribution in [0.5, 0.6) is 17.2 Å². The fourth-order valence-electron chi connectivity index (χ4n) is 5.81.